The third-order valence-electron chi connectivity index (χ3n) is 2.00. The number of hydrogen-bond acceptors (Lipinski definition) is 4. The van der Waals surface area contributed by atoms with Crippen LogP contribution in [0, 0.1) is 0 Å². The lowest BCUT2D eigenvalue weighted by molar-refractivity contribution is 0.175. The minimum absolute atomic E-state index is 0.484. The summed E-state index contributed by atoms with van der Waals surface area (Å²) in [6.45, 7) is 1.47. The molecule has 0 aliphatic heterocycles. The van der Waals surface area contributed by atoms with Crippen molar-refractivity contribution in [3.8, 4) is 0 Å². The molecule has 2 atom stereocenters. The van der Waals surface area contributed by atoms with Gasteiger partial charge in [-0.3, -0.25) is 0 Å². The zero-order chi connectivity index (χ0) is 10.1. The molecule has 0 spiro atoms. The molecule has 0 saturated carbocycles. The van der Waals surface area contributed by atoms with Crippen LogP contribution in [0.15, 0.2) is 23.0 Å². The van der Waals surface area contributed by atoms with E-state index in [0.29, 0.717) is 5.56 Å². The molecule has 4 nitrogen and oxygen atoms in total. The van der Waals surface area contributed by atoms with Gasteiger partial charge in [0.2, 0.25) is 0 Å². The van der Waals surface area contributed by atoms with Crippen molar-refractivity contribution in [2.24, 2.45) is 0 Å². The van der Waals surface area contributed by atoms with Gasteiger partial charge in [-0.25, -0.2) is 8.42 Å². The van der Waals surface area contributed by atoms with Gasteiger partial charge in [0.15, 0.2) is 9.84 Å². The zero-order valence-electron chi connectivity index (χ0n) is 7.47. The van der Waals surface area contributed by atoms with Crippen LogP contribution in [0.1, 0.15) is 18.6 Å². The minimum Gasteiger partial charge on any atom is -0.472 e. The zero-order valence-corrected chi connectivity index (χ0v) is 8.28. The summed E-state index contributed by atoms with van der Waals surface area (Å²) in [7, 11) is -3.22. The van der Waals surface area contributed by atoms with E-state index in [1.807, 2.05) is 0 Å². The number of hydrogen-bond donors (Lipinski definition) is 1. The molecule has 0 bridgehead atoms. The van der Waals surface area contributed by atoms with Crippen LogP contribution in [-0.4, -0.2) is 25.0 Å². The van der Waals surface area contributed by atoms with E-state index in [0.717, 1.165) is 6.26 Å². The minimum atomic E-state index is -3.22. The van der Waals surface area contributed by atoms with E-state index < -0.39 is 21.2 Å². The predicted molar refractivity (Wildman–Crippen MR) is 48.0 cm³/mol. The van der Waals surface area contributed by atoms with Gasteiger partial charge in [0.05, 0.1) is 23.9 Å². The molecule has 0 fully saturated rings. The summed E-state index contributed by atoms with van der Waals surface area (Å²) in [5, 5.41) is 8.76. The second-order valence-electron chi connectivity index (χ2n) is 3.04. The first-order valence-electron chi connectivity index (χ1n) is 3.82. The maximum atomic E-state index is 11.1. The molecule has 0 amide bonds. The van der Waals surface area contributed by atoms with Gasteiger partial charge in [-0.1, -0.05) is 0 Å². The van der Waals surface area contributed by atoms with Crippen molar-refractivity contribution in [2.75, 3.05) is 6.26 Å². The van der Waals surface area contributed by atoms with Crippen molar-refractivity contribution in [3.05, 3.63) is 24.2 Å². The Hall–Kier alpha value is -0.810. The lowest BCUT2D eigenvalue weighted by Crippen LogP contribution is -2.23. The lowest BCUT2D eigenvalue weighted by Gasteiger charge is -2.14. The van der Waals surface area contributed by atoms with Crippen LogP contribution in [-0.2, 0) is 9.84 Å². The number of sulfone groups is 1. The van der Waals surface area contributed by atoms with Crippen LogP contribution >= 0.6 is 0 Å². The van der Waals surface area contributed by atoms with Crippen LogP contribution in [0.2, 0.25) is 0 Å². The fourth-order valence-electron chi connectivity index (χ4n) is 0.948. The molecule has 0 radical (unpaired) electrons. The highest BCUT2D eigenvalue weighted by atomic mass is 32.2. The highest BCUT2D eigenvalue weighted by Gasteiger charge is 2.25. The molecule has 13 heavy (non-hydrogen) atoms. The number of aliphatic hydroxyl groups excluding tert-OH is 1. The second kappa shape index (κ2) is 3.51. The highest BCUT2D eigenvalue weighted by molar-refractivity contribution is 7.91. The first kappa shape index (κ1) is 10.3. The highest BCUT2D eigenvalue weighted by Crippen LogP contribution is 2.21. The first-order chi connectivity index (χ1) is 5.93. The summed E-state index contributed by atoms with van der Waals surface area (Å²) in [5.74, 6) is 0. The van der Waals surface area contributed by atoms with Gasteiger partial charge in [-0.2, -0.15) is 0 Å². The smallest absolute Gasteiger partial charge is 0.152 e. The Morgan fingerprint density at radius 3 is 2.54 bits per heavy atom. The van der Waals surface area contributed by atoms with E-state index in [9.17, 15) is 13.5 Å². The summed E-state index contributed by atoms with van der Waals surface area (Å²) >= 11 is 0. The molecule has 1 aromatic rings. The van der Waals surface area contributed by atoms with Crippen molar-refractivity contribution in [3.63, 3.8) is 0 Å². The molecule has 2 unspecified atom stereocenters. The van der Waals surface area contributed by atoms with E-state index in [1.165, 1.54) is 19.5 Å². The van der Waals surface area contributed by atoms with Crippen LogP contribution in [0.25, 0.3) is 0 Å². The molecule has 1 rings (SSSR count). The van der Waals surface area contributed by atoms with Crippen LogP contribution in [0.5, 0.6) is 0 Å². The Bertz CT molecular complexity index is 352. The van der Waals surface area contributed by atoms with Crippen molar-refractivity contribution < 1.29 is 17.9 Å². The standard InChI is InChI=1S/C8H12O4S/c1-6(13(2,10)11)8(9)7-3-4-12-5-7/h3-6,8-9H,1-2H3. The largest absolute Gasteiger partial charge is 0.472 e. The molecule has 1 N–H and O–H groups in total. The van der Waals surface area contributed by atoms with Crippen LogP contribution in [0.3, 0.4) is 0 Å². The van der Waals surface area contributed by atoms with Crippen LogP contribution < -0.4 is 0 Å². The summed E-state index contributed by atoms with van der Waals surface area (Å²) in [6, 6.07) is 1.55. The molecular formula is C8H12O4S. The van der Waals surface area contributed by atoms with E-state index >= 15 is 0 Å². The summed E-state index contributed by atoms with van der Waals surface area (Å²) in [5.41, 5.74) is 0.484. The van der Waals surface area contributed by atoms with Gasteiger partial charge >= 0.3 is 0 Å². The monoisotopic (exact) mass is 204 g/mol. The summed E-state index contributed by atoms with van der Waals surface area (Å²) in [6.07, 6.45) is 2.81. The Morgan fingerprint density at radius 1 is 1.54 bits per heavy atom. The third kappa shape index (κ3) is 2.32. The molecule has 0 aliphatic rings. The van der Waals surface area contributed by atoms with Gasteiger partial charge in [0.1, 0.15) is 0 Å². The maximum absolute atomic E-state index is 11.1. The average Bonchev–Trinajstić information content (AvgIpc) is 2.51. The second-order valence-corrected chi connectivity index (χ2v) is 5.44. The Morgan fingerprint density at radius 2 is 2.15 bits per heavy atom. The van der Waals surface area contributed by atoms with Gasteiger partial charge in [0.25, 0.3) is 0 Å². The fourth-order valence-corrected chi connectivity index (χ4v) is 1.57. The Kier molecular flexibility index (Phi) is 2.77. The Balaban J connectivity index is 2.86. The first-order valence-corrected chi connectivity index (χ1v) is 5.77. The topological polar surface area (TPSA) is 67.5 Å². The number of aliphatic hydroxyl groups is 1. The third-order valence-corrected chi connectivity index (χ3v) is 3.61. The van der Waals surface area contributed by atoms with E-state index in [1.54, 1.807) is 6.07 Å². The molecule has 1 heterocycles. The van der Waals surface area contributed by atoms with E-state index in [4.69, 9.17) is 4.42 Å². The van der Waals surface area contributed by atoms with Gasteiger partial charge in [-0.15, -0.1) is 0 Å². The van der Waals surface area contributed by atoms with Crippen molar-refractivity contribution in [1.29, 1.82) is 0 Å². The van der Waals surface area contributed by atoms with Gasteiger partial charge in [0, 0.05) is 11.8 Å². The molecule has 1 aromatic heterocycles. The average molecular weight is 204 g/mol. The van der Waals surface area contributed by atoms with Crippen molar-refractivity contribution in [2.45, 2.75) is 18.3 Å². The van der Waals surface area contributed by atoms with Gasteiger partial charge in [-0.05, 0) is 13.0 Å². The predicted octanol–water partition coefficient (Wildman–Crippen LogP) is 0.746. The molecule has 5 heteroatoms. The maximum Gasteiger partial charge on any atom is 0.152 e. The molecule has 0 saturated heterocycles. The fraction of sp³-hybridized carbons (Fsp3) is 0.500. The lowest BCUT2D eigenvalue weighted by atomic mass is 10.1. The normalized spacial score (nSPS) is 16.8. The molecular weight excluding hydrogens is 192 g/mol. The number of rotatable bonds is 3. The quantitative estimate of drug-likeness (QED) is 0.788. The molecule has 0 aromatic carbocycles. The number of furan rings is 1. The molecule has 0 aliphatic carbocycles. The SMILES string of the molecule is CC(C(O)c1ccoc1)S(C)(=O)=O. The van der Waals surface area contributed by atoms with Crippen LogP contribution in [0.4, 0.5) is 0 Å². The summed E-state index contributed by atoms with van der Waals surface area (Å²) in [4.78, 5) is 0. The van der Waals surface area contributed by atoms with E-state index in [2.05, 4.69) is 0 Å². The molecule has 74 valence electrons. The van der Waals surface area contributed by atoms with Crippen molar-refractivity contribution >= 4 is 9.84 Å². The Labute approximate surface area is 77.1 Å². The van der Waals surface area contributed by atoms with Crippen molar-refractivity contribution in [1.82, 2.24) is 0 Å². The van der Waals surface area contributed by atoms with Gasteiger partial charge < -0.3 is 9.52 Å². The summed E-state index contributed by atoms with van der Waals surface area (Å²) < 4.78 is 26.9. The van der Waals surface area contributed by atoms with E-state index in [-0.39, 0.29) is 0 Å².